The molecule has 0 atom stereocenters. The van der Waals surface area contributed by atoms with Crippen molar-refractivity contribution in [2.75, 3.05) is 7.11 Å². The highest BCUT2D eigenvalue weighted by molar-refractivity contribution is 6.30. The van der Waals surface area contributed by atoms with Crippen LogP contribution in [0, 0.1) is 0 Å². The Balaban J connectivity index is 1.58. The van der Waals surface area contributed by atoms with Gasteiger partial charge in [-0.3, -0.25) is 0 Å². The van der Waals surface area contributed by atoms with Gasteiger partial charge in [-0.05, 0) is 35.9 Å². The lowest BCUT2D eigenvalue weighted by molar-refractivity contribution is 0.131. The molecule has 0 radical (unpaired) electrons. The summed E-state index contributed by atoms with van der Waals surface area (Å²) >= 11 is 0. The lowest BCUT2D eigenvalue weighted by atomic mass is 10.0. The first-order valence-corrected chi connectivity index (χ1v) is 7.75. The second kappa shape index (κ2) is 6.16. The molecule has 4 heteroatoms. The highest BCUT2D eigenvalue weighted by Gasteiger charge is 2.19. The molecule has 0 unspecified atom stereocenters. The van der Waals surface area contributed by atoms with Crippen molar-refractivity contribution in [1.82, 2.24) is 0 Å². The number of allylic oxidation sites excluding steroid dienone is 4. The Kier molecular flexibility index (Phi) is 3.71. The first kappa shape index (κ1) is 14.5. The number of rotatable bonds is 4. The molecule has 0 N–H and O–H groups in total. The molecule has 1 heterocycles. The van der Waals surface area contributed by atoms with Gasteiger partial charge in [-0.2, -0.15) is 0 Å². The van der Waals surface area contributed by atoms with Crippen LogP contribution in [0.2, 0.25) is 0 Å². The van der Waals surface area contributed by atoms with Crippen molar-refractivity contribution >= 4 is 11.3 Å². The second-order valence-electron chi connectivity index (χ2n) is 5.51. The molecule has 0 fully saturated rings. The third-order valence-electron chi connectivity index (χ3n) is 3.99. The van der Waals surface area contributed by atoms with Crippen molar-refractivity contribution < 1.29 is 9.57 Å². The van der Waals surface area contributed by atoms with Gasteiger partial charge in [-0.25, -0.2) is 4.99 Å². The van der Waals surface area contributed by atoms with E-state index in [9.17, 15) is 0 Å². The molecule has 0 saturated heterocycles. The molecular weight excluding hydrogens is 300 g/mol. The summed E-state index contributed by atoms with van der Waals surface area (Å²) in [5.74, 6) is 0.829. The fourth-order valence-electron chi connectivity index (χ4n) is 2.78. The zero-order chi connectivity index (χ0) is 16.4. The number of hydrogen-bond acceptors (Lipinski definition) is 4. The first-order valence-electron chi connectivity index (χ1n) is 7.75. The average molecular weight is 316 g/mol. The number of para-hydroxylation sites is 1. The predicted molar refractivity (Wildman–Crippen MR) is 93.1 cm³/mol. The van der Waals surface area contributed by atoms with Gasteiger partial charge in [-0.1, -0.05) is 41.6 Å². The number of methoxy groups -OCH3 is 1. The van der Waals surface area contributed by atoms with E-state index in [-0.39, 0.29) is 0 Å². The maximum absolute atomic E-state index is 5.56. The molecule has 4 nitrogen and oxygen atoms in total. The fraction of sp³-hybridized carbons (Fsp3) is 0.100. The summed E-state index contributed by atoms with van der Waals surface area (Å²) in [6.07, 6.45) is 5.89. The summed E-state index contributed by atoms with van der Waals surface area (Å²) < 4.78 is 5.15. The van der Waals surface area contributed by atoms with Gasteiger partial charge in [0.2, 0.25) is 0 Å². The van der Waals surface area contributed by atoms with E-state index in [1.165, 1.54) is 0 Å². The lowest BCUT2D eigenvalue weighted by Crippen LogP contribution is -2.24. The Morgan fingerprint density at radius 2 is 1.88 bits per heavy atom. The Labute approximate surface area is 139 Å². The third-order valence-corrected chi connectivity index (χ3v) is 3.99. The minimum absolute atomic E-state index is 0.409. The molecule has 118 valence electrons. The van der Waals surface area contributed by atoms with Crippen molar-refractivity contribution in [3.05, 3.63) is 88.6 Å². The number of benzene rings is 2. The topological polar surface area (TPSA) is 43.2 Å². The van der Waals surface area contributed by atoms with Gasteiger partial charge in [0.1, 0.15) is 18.1 Å². The van der Waals surface area contributed by atoms with Gasteiger partial charge >= 0.3 is 0 Å². The van der Waals surface area contributed by atoms with E-state index in [1.807, 2.05) is 60.7 Å². The lowest BCUT2D eigenvalue weighted by Gasteiger charge is -2.09. The quantitative estimate of drug-likeness (QED) is 0.814. The van der Waals surface area contributed by atoms with Crippen LogP contribution in [0.1, 0.15) is 5.56 Å². The summed E-state index contributed by atoms with van der Waals surface area (Å²) in [5, 5.41) is 6.40. The van der Waals surface area contributed by atoms with Gasteiger partial charge in [-0.15, -0.1) is 0 Å². The van der Waals surface area contributed by atoms with E-state index in [4.69, 9.17) is 9.57 Å². The number of fused-ring (bicyclic) bond motifs is 2. The Morgan fingerprint density at radius 1 is 1.04 bits per heavy atom. The summed E-state index contributed by atoms with van der Waals surface area (Å²) in [6, 6.07) is 15.8. The van der Waals surface area contributed by atoms with Crippen LogP contribution in [0.3, 0.4) is 0 Å². The van der Waals surface area contributed by atoms with E-state index in [0.29, 0.717) is 6.61 Å². The predicted octanol–water partition coefficient (Wildman–Crippen LogP) is 2.51. The molecule has 24 heavy (non-hydrogen) atoms. The average Bonchev–Trinajstić information content (AvgIpc) is 3.02. The molecule has 1 aliphatic heterocycles. The van der Waals surface area contributed by atoms with Gasteiger partial charge < -0.3 is 9.57 Å². The monoisotopic (exact) mass is 316 g/mol. The summed E-state index contributed by atoms with van der Waals surface area (Å²) in [7, 11) is 1.65. The number of nitrogens with zero attached hydrogens (tertiary/aromatic N) is 2. The summed E-state index contributed by atoms with van der Waals surface area (Å²) in [4.78, 5) is 10.2. The molecule has 0 aromatic heterocycles. The maximum atomic E-state index is 5.56. The molecule has 0 amide bonds. The fourth-order valence-corrected chi connectivity index (χ4v) is 2.78. The van der Waals surface area contributed by atoms with Crippen molar-refractivity contribution in [3.63, 3.8) is 0 Å². The van der Waals surface area contributed by atoms with Crippen LogP contribution in [-0.4, -0.2) is 12.8 Å². The second-order valence-corrected chi connectivity index (χ2v) is 5.51. The van der Waals surface area contributed by atoms with Crippen LogP contribution in [0.4, 0.5) is 0 Å². The van der Waals surface area contributed by atoms with Crippen molar-refractivity contribution in [2.45, 2.75) is 6.61 Å². The molecule has 4 rings (SSSR count). The molecule has 1 aliphatic carbocycles. The van der Waals surface area contributed by atoms with Crippen LogP contribution < -0.4 is 15.3 Å². The minimum Gasteiger partial charge on any atom is -0.497 e. The largest absolute Gasteiger partial charge is 0.497 e. The van der Waals surface area contributed by atoms with Crippen LogP contribution in [0.5, 0.6) is 5.75 Å². The minimum atomic E-state index is 0.409. The van der Waals surface area contributed by atoms with Crippen molar-refractivity contribution in [3.8, 4) is 5.75 Å². The van der Waals surface area contributed by atoms with Crippen LogP contribution in [0.25, 0.3) is 5.57 Å². The van der Waals surface area contributed by atoms with Crippen LogP contribution >= 0.6 is 0 Å². The zero-order valence-electron chi connectivity index (χ0n) is 13.3. The molecule has 2 aromatic rings. The molecule has 0 saturated carbocycles. The molecule has 0 spiro atoms. The highest BCUT2D eigenvalue weighted by atomic mass is 16.6. The normalized spacial score (nSPS) is 16.3. The van der Waals surface area contributed by atoms with Gasteiger partial charge in [0, 0.05) is 10.8 Å². The number of oxime groups is 1. The summed E-state index contributed by atoms with van der Waals surface area (Å²) in [6.45, 7) is 0.409. The van der Waals surface area contributed by atoms with E-state index in [1.54, 1.807) is 7.11 Å². The molecular formula is C20H16N2O2. The van der Waals surface area contributed by atoms with Crippen molar-refractivity contribution in [2.24, 2.45) is 10.1 Å². The molecule has 2 aromatic carbocycles. The summed E-state index contributed by atoms with van der Waals surface area (Å²) in [5.41, 5.74) is 3.81. The maximum Gasteiger partial charge on any atom is 0.142 e. The van der Waals surface area contributed by atoms with E-state index >= 15 is 0 Å². The van der Waals surface area contributed by atoms with E-state index in [0.717, 1.165) is 38.9 Å². The Hall–Kier alpha value is -3.14. The van der Waals surface area contributed by atoms with E-state index in [2.05, 4.69) is 16.2 Å². The van der Waals surface area contributed by atoms with E-state index < -0.39 is 0 Å². The Bertz CT molecular complexity index is 983. The van der Waals surface area contributed by atoms with Gasteiger partial charge in [0.25, 0.3) is 0 Å². The van der Waals surface area contributed by atoms with Gasteiger partial charge in [0.05, 0.1) is 18.2 Å². The van der Waals surface area contributed by atoms with Crippen LogP contribution in [0.15, 0.2) is 82.6 Å². The smallest absolute Gasteiger partial charge is 0.142 e. The zero-order valence-corrected chi connectivity index (χ0v) is 13.3. The van der Waals surface area contributed by atoms with Gasteiger partial charge in [0.15, 0.2) is 0 Å². The van der Waals surface area contributed by atoms with Crippen molar-refractivity contribution in [1.29, 1.82) is 0 Å². The number of ether oxygens (including phenoxy) is 1. The highest BCUT2D eigenvalue weighted by Crippen LogP contribution is 2.21. The third kappa shape index (κ3) is 2.63. The first-order chi connectivity index (χ1) is 11.8. The van der Waals surface area contributed by atoms with Crippen LogP contribution in [-0.2, 0) is 11.4 Å². The molecule has 2 aliphatic rings. The SMILES string of the molecule is COc1ccc(CO/N=C2\C=CC=C3N=c4ccccc4=C32)cc1. The number of hydrogen-bond donors (Lipinski definition) is 0. The Morgan fingerprint density at radius 3 is 2.71 bits per heavy atom. The molecule has 0 bridgehead atoms. The standard InChI is InChI=1S/C20H16N2O2/c1-23-15-11-9-14(10-12-15)13-24-22-19-8-4-7-18-20(19)16-5-2-3-6-17(16)21-18/h2-12H,13H2,1H3/b22-19+.